The molecular formula is C10H24N2S. The maximum atomic E-state index is 3.45. The van der Waals surface area contributed by atoms with Crippen molar-refractivity contribution >= 4 is 11.8 Å². The van der Waals surface area contributed by atoms with Crippen LogP contribution in [-0.4, -0.2) is 49.6 Å². The lowest BCUT2D eigenvalue weighted by Gasteiger charge is -2.19. The SMILES string of the molecule is CCCN(CC)CCNCCSC. The van der Waals surface area contributed by atoms with E-state index in [4.69, 9.17) is 0 Å². The normalized spacial score (nSPS) is 11.1. The molecule has 0 aliphatic rings. The first kappa shape index (κ1) is 13.3. The molecule has 0 aromatic heterocycles. The van der Waals surface area contributed by atoms with Crippen LogP contribution in [0.2, 0.25) is 0 Å². The standard InChI is InChI=1S/C10H24N2S/c1-4-8-12(5-2)9-6-11-7-10-13-3/h11H,4-10H2,1-3H3. The smallest absolute Gasteiger partial charge is 0.0107 e. The van der Waals surface area contributed by atoms with Gasteiger partial charge in [0.2, 0.25) is 0 Å². The Labute approximate surface area is 87.5 Å². The van der Waals surface area contributed by atoms with Crippen molar-refractivity contribution in [2.75, 3.05) is 44.7 Å². The lowest BCUT2D eigenvalue weighted by molar-refractivity contribution is 0.289. The van der Waals surface area contributed by atoms with E-state index in [2.05, 4.69) is 30.3 Å². The molecule has 0 radical (unpaired) electrons. The molecule has 2 nitrogen and oxygen atoms in total. The van der Waals surface area contributed by atoms with E-state index in [1.54, 1.807) is 0 Å². The second kappa shape index (κ2) is 10.4. The van der Waals surface area contributed by atoms with Crippen LogP contribution in [0, 0.1) is 0 Å². The Morgan fingerprint density at radius 1 is 1.15 bits per heavy atom. The molecule has 0 atom stereocenters. The Bertz CT molecular complexity index is 98.9. The first-order valence-corrected chi connectivity index (χ1v) is 6.66. The fourth-order valence-electron chi connectivity index (χ4n) is 1.28. The van der Waals surface area contributed by atoms with Crippen LogP contribution >= 0.6 is 11.8 Å². The third-order valence-corrected chi connectivity index (χ3v) is 2.69. The van der Waals surface area contributed by atoms with Crippen LogP contribution in [0.5, 0.6) is 0 Å². The van der Waals surface area contributed by atoms with Crippen LogP contribution in [-0.2, 0) is 0 Å². The molecule has 0 saturated heterocycles. The molecule has 0 fully saturated rings. The maximum absolute atomic E-state index is 3.45. The summed E-state index contributed by atoms with van der Waals surface area (Å²) >= 11 is 1.90. The summed E-state index contributed by atoms with van der Waals surface area (Å²) in [6.07, 6.45) is 3.41. The van der Waals surface area contributed by atoms with Gasteiger partial charge in [0.05, 0.1) is 0 Å². The quantitative estimate of drug-likeness (QED) is 0.575. The Hall–Kier alpha value is 0.270. The van der Waals surface area contributed by atoms with E-state index in [-0.39, 0.29) is 0 Å². The fraction of sp³-hybridized carbons (Fsp3) is 1.00. The average Bonchev–Trinajstić information content (AvgIpc) is 2.16. The average molecular weight is 204 g/mol. The van der Waals surface area contributed by atoms with Crippen LogP contribution in [0.15, 0.2) is 0 Å². The van der Waals surface area contributed by atoms with Crippen LogP contribution in [0.3, 0.4) is 0 Å². The second-order valence-corrected chi connectivity index (χ2v) is 4.16. The molecular weight excluding hydrogens is 180 g/mol. The molecule has 0 aliphatic heterocycles. The summed E-state index contributed by atoms with van der Waals surface area (Å²) in [4.78, 5) is 2.49. The zero-order chi connectivity index (χ0) is 9.94. The molecule has 0 saturated carbocycles. The van der Waals surface area contributed by atoms with Crippen LogP contribution < -0.4 is 5.32 Å². The lowest BCUT2D eigenvalue weighted by atomic mass is 10.4. The zero-order valence-electron chi connectivity index (χ0n) is 9.31. The minimum Gasteiger partial charge on any atom is -0.315 e. The monoisotopic (exact) mass is 204 g/mol. The van der Waals surface area contributed by atoms with E-state index >= 15 is 0 Å². The van der Waals surface area contributed by atoms with Gasteiger partial charge in [0.25, 0.3) is 0 Å². The molecule has 13 heavy (non-hydrogen) atoms. The van der Waals surface area contributed by atoms with Gasteiger partial charge >= 0.3 is 0 Å². The van der Waals surface area contributed by atoms with Crippen molar-refractivity contribution in [1.29, 1.82) is 0 Å². The molecule has 0 aromatic rings. The molecule has 1 N–H and O–H groups in total. The van der Waals surface area contributed by atoms with E-state index < -0.39 is 0 Å². The van der Waals surface area contributed by atoms with Gasteiger partial charge in [-0.3, -0.25) is 0 Å². The molecule has 0 unspecified atom stereocenters. The maximum Gasteiger partial charge on any atom is 0.0107 e. The summed E-state index contributed by atoms with van der Waals surface area (Å²) in [5.74, 6) is 1.22. The minimum absolute atomic E-state index is 1.13. The van der Waals surface area contributed by atoms with Crippen molar-refractivity contribution in [1.82, 2.24) is 10.2 Å². The van der Waals surface area contributed by atoms with Crippen molar-refractivity contribution in [3.05, 3.63) is 0 Å². The van der Waals surface area contributed by atoms with E-state index in [1.807, 2.05) is 11.8 Å². The number of thioether (sulfide) groups is 1. The predicted octanol–water partition coefficient (Wildman–Crippen LogP) is 1.67. The highest BCUT2D eigenvalue weighted by atomic mass is 32.2. The van der Waals surface area contributed by atoms with Crippen LogP contribution in [0.4, 0.5) is 0 Å². The predicted molar refractivity (Wildman–Crippen MR) is 63.7 cm³/mol. The second-order valence-electron chi connectivity index (χ2n) is 3.18. The largest absolute Gasteiger partial charge is 0.315 e. The molecule has 0 bridgehead atoms. The van der Waals surface area contributed by atoms with Crippen molar-refractivity contribution in [2.45, 2.75) is 20.3 Å². The van der Waals surface area contributed by atoms with Crippen LogP contribution in [0.1, 0.15) is 20.3 Å². The van der Waals surface area contributed by atoms with E-state index in [0.717, 1.165) is 13.1 Å². The molecule has 3 heteroatoms. The van der Waals surface area contributed by atoms with Gasteiger partial charge < -0.3 is 10.2 Å². The van der Waals surface area contributed by atoms with Gasteiger partial charge in [-0.1, -0.05) is 13.8 Å². The van der Waals surface area contributed by atoms with Gasteiger partial charge in [-0.05, 0) is 25.8 Å². The summed E-state index contributed by atoms with van der Waals surface area (Å²) in [7, 11) is 0. The molecule has 0 aliphatic carbocycles. The van der Waals surface area contributed by atoms with Gasteiger partial charge in [-0.15, -0.1) is 0 Å². The van der Waals surface area contributed by atoms with Crippen molar-refractivity contribution < 1.29 is 0 Å². The number of hydrogen-bond donors (Lipinski definition) is 1. The summed E-state index contributed by atoms with van der Waals surface area (Å²) in [6, 6.07) is 0. The molecule has 0 amide bonds. The number of rotatable bonds is 9. The highest BCUT2D eigenvalue weighted by molar-refractivity contribution is 7.98. The first-order chi connectivity index (χ1) is 6.35. The van der Waals surface area contributed by atoms with Gasteiger partial charge in [0.1, 0.15) is 0 Å². The molecule has 0 spiro atoms. The molecule has 0 aromatic carbocycles. The van der Waals surface area contributed by atoms with Gasteiger partial charge in [-0.2, -0.15) is 11.8 Å². The fourth-order valence-corrected chi connectivity index (χ4v) is 1.63. The minimum atomic E-state index is 1.13. The summed E-state index contributed by atoms with van der Waals surface area (Å²) in [5.41, 5.74) is 0. The van der Waals surface area contributed by atoms with Gasteiger partial charge in [0.15, 0.2) is 0 Å². The van der Waals surface area contributed by atoms with Gasteiger partial charge in [0, 0.05) is 25.4 Å². The number of nitrogens with zero attached hydrogens (tertiary/aromatic N) is 1. The van der Waals surface area contributed by atoms with E-state index in [0.29, 0.717) is 0 Å². The highest BCUT2D eigenvalue weighted by Crippen LogP contribution is 1.90. The van der Waals surface area contributed by atoms with E-state index in [9.17, 15) is 0 Å². The summed E-state index contributed by atoms with van der Waals surface area (Å²) in [5, 5.41) is 3.45. The Morgan fingerprint density at radius 3 is 2.46 bits per heavy atom. The van der Waals surface area contributed by atoms with Gasteiger partial charge in [-0.25, -0.2) is 0 Å². The third kappa shape index (κ3) is 8.60. The van der Waals surface area contributed by atoms with Crippen molar-refractivity contribution in [3.63, 3.8) is 0 Å². The van der Waals surface area contributed by atoms with E-state index in [1.165, 1.54) is 31.8 Å². The van der Waals surface area contributed by atoms with Crippen molar-refractivity contribution in [3.8, 4) is 0 Å². The Balaban J connectivity index is 3.17. The number of hydrogen-bond acceptors (Lipinski definition) is 3. The highest BCUT2D eigenvalue weighted by Gasteiger charge is 1.98. The molecule has 80 valence electrons. The number of nitrogens with one attached hydrogen (secondary N) is 1. The summed E-state index contributed by atoms with van der Waals surface area (Å²) < 4.78 is 0. The first-order valence-electron chi connectivity index (χ1n) is 5.27. The topological polar surface area (TPSA) is 15.3 Å². The Kier molecular flexibility index (Phi) is 10.6. The third-order valence-electron chi connectivity index (χ3n) is 2.07. The van der Waals surface area contributed by atoms with Crippen LogP contribution in [0.25, 0.3) is 0 Å². The number of likely N-dealkylation sites (N-methyl/N-ethyl adjacent to an activating group) is 1. The zero-order valence-corrected chi connectivity index (χ0v) is 10.1. The lowest BCUT2D eigenvalue weighted by Crippen LogP contribution is -2.33. The molecule has 0 heterocycles. The van der Waals surface area contributed by atoms with Crippen molar-refractivity contribution in [2.24, 2.45) is 0 Å². The summed E-state index contributed by atoms with van der Waals surface area (Å²) in [6.45, 7) is 10.4. The molecule has 0 rings (SSSR count). The Morgan fingerprint density at radius 2 is 1.92 bits per heavy atom.